The lowest BCUT2D eigenvalue weighted by Crippen LogP contribution is -2.38. The zero-order chi connectivity index (χ0) is 19.2. The number of carbonyl (C=O) groups is 1. The summed E-state index contributed by atoms with van der Waals surface area (Å²) in [6.07, 6.45) is 4.23. The Bertz CT molecular complexity index is 754. The number of aromatic nitrogens is 2. The zero-order valence-corrected chi connectivity index (χ0v) is 16.4. The molecular weight excluding hydrogens is 338 g/mol. The minimum atomic E-state index is 0.0292. The summed E-state index contributed by atoms with van der Waals surface area (Å²) in [6, 6.07) is 11.7. The molecule has 144 valence electrons. The molecule has 0 saturated heterocycles. The molecule has 6 nitrogen and oxygen atoms in total. The summed E-state index contributed by atoms with van der Waals surface area (Å²) in [4.78, 5) is 23.3. The van der Waals surface area contributed by atoms with Crippen molar-refractivity contribution in [3.63, 3.8) is 0 Å². The van der Waals surface area contributed by atoms with Crippen LogP contribution in [0.15, 0.2) is 36.4 Å². The van der Waals surface area contributed by atoms with Crippen molar-refractivity contribution in [3.8, 4) is 0 Å². The van der Waals surface area contributed by atoms with Gasteiger partial charge in [0.2, 0.25) is 5.95 Å². The van der Waals surface area contributed by atoms with E-state index in [1.165, 1.54) is 0 Å². The van der Waals surface area contributed by atoms with Gasteiger partial charge < -0.3 is 15.5 Å². The third-order valence-corrected chi connectivity index (χ3v) is 5.07. The number of benzene rings is 1. The molecule has 1 aromatic carbocycles. The lowest BCUT2D eigenvalue weighted by molar-refractivity contribution is 0.0922. The van der Waals surface area contributed by atoms with Gasteiger partial charge in [-0.25, -0.2) is 4.98 Å². The maximum absolute atomic E-state index is 12.3. The smallest absolute Gasteiger partial charge is 0.251 e. The van der Waals surface area contributed by atoms with Crippen LogP contribution in [0, 0.1) is 12.8 Å². The molecule has 0 spiro atoms. The Morgan fingerprint density at radius 1 is 1.11 bits per heavy atom. The summed E-state index contributed by atoms with van der Waals surface area (Å²) >= 11 is 0. The first-order chi connectivity index (χ1) is 13.0. The first-order valence-corrected chi connectivity index (χ1v) is 9.64. The van der Waals surface area contributed by atoms with Crippen LogP contribution in [0.5, 0.6) is 0 Å². The Morgan fingerprint density at radius 3 is 2.48 bits per heavy atom. The van der Waals surface area contributed by atoms with E-state index in [2.05, 4.69) is 20.6 Å². The monoisotopic (exact) mass is 367 g/mol. The lowest BCUT2D eigenvalue weighted by Gasteiger charge is -2.29. The van der Waals surface area contributed by atoms with E-state index in [4.69, 9.17) is 0 Å². The van der Waals surface area contributed by atoms with Crippen LogP contribution in [0.2, 0.25) is 0 Å². The SMILES string of the molecule is Cc1cc(N(C)C)nc(NCC2CCC(NC(=O)c3ccccc3)CC2)n1. The predicted octanol–water partition coefficient (Wildman–Crippen LogP) is 3.25. The molecule has 0 bridgehead atoms. The molecule has 0 aliphatic heterocycles. The fourth-order valence-electron chi connectivity index (χ4n) is 3.46. The zero-order valence-electron chi connectivity index (χ0n) is 16.4. The highest BCUT2D eigenvalue weighted by atomic mass is 16.1. The summed E-state index contributed by atoms with van der Waals surface area (Å²) < 4.78 is 0. The molecule has 0 radical (unpaired) electrons. The molecule has 1 aliphatic rings. The minimum absolute atomic E-state index is 0.0292. The number of nitrogens with zero attached hydrogens (tertiary/aromatic N) is 3. The van der Waals surface area contributed by atoms with Crippen LogP contribution in [0.4, 0.5) is 11.8 Å². The Kier molecular flexibility index (Phi) is 6.27. The number of nitrogens with one attached hydrogen (secondary N) is 2. The van der Waals surface area contributed by atoms with Gasteiger partial charge in [0.15, 0.2) is 0 Å². The first-order valence-electron chi connectivity index (χ1n) is 9.64. The molecule has 2 N–H and O–H groups in total. The van der Waals surface area contributed by atoms with Crippen molar-refractivity contribution < 1.29 is 4.79 Å². The first kappa shape index (κ1) is 19.1. The van der Waals surface area contributed by atoms with E-state index < -0.39 is 0 Å². The quantitative estimate of drug-likeness (QED) is 0.820. The van der Waals surface area contributed by atoms with E-state index in [0.717, 1.165) is 49.3 Å². The van der Waals surface area contributed by atoms with Gasteiger partial charge in [-0.15, -0.1) is 0 Å². The second-order valence-electron chi connectivity index (χ2n) is 7.52. The Balaban J connectivity index is 1.45. The van der Waals surface area contributed by atoms with Crippen molar-refractivity contribution in [1.82, 2.24) is 15.3 Å². The molecule has 1 heterocycles. The van der Waals surface area contributed by atoms with Crippen LogP contribution in [0.1, 0.15) is 41.7 Å². The van der Waals surface area contributed by atoms with Gasteiger partial charge in [-0.2, -0.15) is 4.98 Å². The fourth-order valence-corrected chi connectivity index (χ4v) is 3.46. The molecule has 3 rings (SSSR count). The van der Waals surface area contributed by atoms with Crippen LogP contribution in [0.3, 0.4) is 0 Å². The molecule has 27 heavy (non-hydrogen) atoms. The topological polar surface area (TPSA) is 70.2 Å². The third-order valence-electron chi connectivity index (χ3n) is 5.07. The highest BCUT2D eigenvalue weighted by Gasteiger charge is 2.23. The summed E-state index contributed by atoms with van der Waals surface area (Å²) in [7, 11) is 3.97. The number of hydrogen-bond acceptors (Lipinski definition) is 5. The Labute approximate surface area is 161 Å². The fraction of sp³-hybridized carbons (Fsp3) is 0.476. The van der Waals surface area contributed by atoms with E-state index in [1.807, 2.05) is 62.3 Å². The lowest BCUT2D eigenvalue weighted by atomic mass is 9.86. The normalized spacial score (nSPS) is 19.4. The Morgan fingerprint density at radius 2 is 1.81 bits per heavy atom. The van der Waals surface area contributed by atoms with Crippen molar-refractivity contribution in [3.05, 3.63) is 47.7 Å². The summed E-state index contributed by atoms with van der Waals surface area (Å²) in [6.45, 7) is 2.86. The molecule has 6 heteroatoms. The van der Waals surface area contributed by atoms with E-state index >= 15 is 0 Å². The van der Waals surface area contributed by atoms with E-state index in [9.17, 15) is 4.79 Å². The number of anilines is 2. The molecule has 2 aromatic rings. The molecule has 1 aliphatic carbocycles. The largest absolute Gasteiger partial charge is 0.363 e. The number of hydrogen-bond donors (Lipinski definition) is 2. The minimum Gasteiger partial charge on any atom is -0.363 e. The molecule has 1 aromatic heterocycles. The van der Waals surface area contributed by atoms with Crippen molar-refractivity contribution >= 4 is 17.7 Å². The van der Waals surface area contributed by atoms with E-state index in [0.29, 0.717) is 11.9 Å². The van der Waals surface area contributed by atoms with Gasteiger partial charge in [0.1, 0.15) is 5.82 Å². The van der Waals surface area contributed by atoms with E-state index in [-0.39, 0.29) is 11.9 Å². The van der Waals surface area contributed by atoms with E-state index in [1.54, 1.807) is 0 Å². The molecule has 0 unspecified atom stereocenters. The average Bonchev–Trinajstić information content (AvgIpc) is 2.67. The number of amides is 1. The maximum Gasteiger partial charge on any atom is 0.251 e. The standard InChI is InChI=1S/C21H29N5O/c1-15-13-19(26(2)3)25-21(23-15)22-14-16-9-11-18(12-10-16)24-20(27)17-7-5-4-6-8-17/h4-8,13,16,18H,9-12,14H2,1-3H3,(H,24,27)(H,22,23,25). The van der Waals surface area contributed by atoms with Gasteiger partial charge in [0.05, 0.1) is 0 Å². The summed E-state index contributed by atoms with van der Waals surface area (Å²) in [5.74, 6) is 2.22. The van der Waals surface area contributed by atoms with Crippen molar-refractivity contribution in [2.45, 2.75) is 38.6 Å². The van der Waals surface area contributed by atoms with Gasteiger partial charge in [-0.1, -0.05) is 18.2 Å². The predicted molar refractivity (Wildman–Crippen MR) is 109 cm³/mol. The molecular formula is C21H29N5O. The molecule has 0 atom stereocenters. The second kappa shape index (κ2) is 8.84. The van der Waals surface area contributed by atoms with Crippen LogP contribution in [-0.4, -0.2) is 42.6 Å². The van der Waals surface area contributed by atoms with Gasteiger partial charge in [0.25, 0.3) is 5.91 Å². The maximum atomic E-state index is 12.3. The number of aryl methyl sites for hydroxylation is 1. The average molecular weight is 367 g/mol. The number of carbonyl (C=O) groups excluding carboxylic acids is 1. The van der Waals surface area contributed by atoms with Crippen molar-refractivity contribution in [1.29, 1.82) is 0 Å². The van der Waals surface area contributed by atoms with Crippen molar-refractivity contribution in [2.24, 2.45) is 5.92 Å². The number of rotatable bonds is 6. The molecule has 1 fully saturated rings. The Hall–Kier alpha value is -2.63. The van der Waals surface area contributed by atoms with Crippen molar-refractivity contribution in [2.75, 3.05) is 30.9 Å². The van der Waals surface area contributed by atoms with Crippen LogP contribution < -0.4 is 15.5 Å². The highest BCUT2D eigenvalue weighted by Crippen LogP contribution is 2.25. The van der Waals surface area contributed by atoms with Crippen LogP contribution >= 0.6 is 0 Å². The van der Waals surface area contributed by atoms with Crippen LogP contribution in [-0.2, 0) is 0 Å². The van der Waals surface area contributed by atoms with Crippen LogP contribution in [0.25, 0.3) is 0 Å². The second-order valence-corrected chi connectivity index (χ2v) is 7.52. The molecule has 1 amide bonds. The highest BCUT2D eigenvalue weighted by molar-refractivity contribution is 5.94. The van der Waals surface area contributed by atoms with Gasteiger partial charge in [0, 0.05) is 44.0 Å². The van der Waals surface area contributed by atoms with Gasteiger partial charge in [-0.3, -0.25) is 4.79 Å². The van der Waals surface area contributed by atoms with Gasteiger partial charge in [-0.05, 0) is 50.7 Å². The van der Waals surface area contributed by atoms with Gasteiger partial charge >= 0.3 is 0 Å². The molecule has 1 saturated carbocycles. The summed E-state index contributed by atoms with van der Waals surface area (Å²) in [5, 5.41) is 6.56. The third kappa shape index (κ3) is 5.42. The summed E-state index contributed by atoms with van der Waals surface area (Å²) in [5.41, 5.74) is 1.69.